The van der Waals surface area contributed by atoms with Crippen molar-refractivity contribution in [3.8, 4) is 0 Å². The second kappa shape index (κ2) is 5.40. The fraction of sp³-hybridized carbons (Fsp3) is 0.500. The first-order valence-electron chi connectivity index (χ1n) is 5.67. The smallest absolute Gasteiger partial charge is 0.242 e. The normalized spacial score (nSPS) is 17.0. The average Bonchev–Trinajstić information content (AvgIpc) is 2.81. The highest BCUT2D eigenvalue weighted by molar-refractivity contribution is 7.89. The van der Waals surface area contributed by atoms with Gasteiger partial charge in [0.1, 0.15) is 4.90 Å². The molecule has 1 fully saturated rings. The highest BCUT2D eigenvalue weighted by atomic mass is 35.5. The number of hydrogen-bond acceptors (Lipinski definition) is 5. The summed E-state index contributed by atoms with van der Waals surface area (Å²) in [5.74, 6) is 5.43. The molecular weight excluding hydrogens is 276 g/mol. The molecule has 0 radical (unpaired) electrons. The summed E-state index contributed by atoms with van der Waals surface area (Å²) >= 11 is 5.85. The minimum absolute atomic E-state index is 0.0149. The third kappa shape index (κ3) is 2.92. The van der Waals surface area contributed by atoms with E-state index < -0.39 is 10.0 Å². The van der Waals surface area contributed by atoms with Crippen LogP contribution in [0.1, 0.15) is 25.7 Å². The van der Waals surface area contributed by atoms with E-state index in [9.17, 15) is 8.42 Å². The minimum atomic E-state index is -3.56. The molecule has 0 aromatic carbocycles. The number of hydrogen-bond donors (Lipinski definition) is 3. The Labute approximate surface area is 111 Å². The fourth-order valence-corrected chi connectivity index (χ4v) is 3.57. The molecule has 0 unspecified atom stereocenters. The second-order valence-electron chi connectivity index (χ2n) is 4.25. The number of aromatic nitrogens is 1. The summed E-state index contributed by atoms with van der Waals surface area (Å²) in [7, 11) is -3.56. The van der Waals surface area contributed by atoms with Gasteiger partial charge in [0.15, 0.2) is 5.82 Å². The summed E-state index contributed by atoms with van der Waals surface area (Å²) in [6.07, 6.45) is 5.11. The number of rotatable bonds is 4. The Kier molecular flexibility index (Phi) is 4.06. The van der Waals surface area contributed by atoms with Crippen molar-refractivity contribution in [1.82, 2.24) is 9.71 Å². The van der Waals surface area contributed by atoms with Crippen LogP contribution in [-0.4, -0.2) is 19.4 Å². The van der Waals surface area contributed by atoms with Gasteiger partial charge in [-0.25, -0.2) is 24.0 Å². The summed E-state index contributed by atoms with van der Waals surface area (Å²) in [5, 5.41) is 0.173. The molecule has 1 aromatic heterocycles. The van der Waals surface area contributed by atoms with Crippen LogP contribution < -0.4 is 16.0 Å². The molecule has 1 heterocycles. The first kappa shape index (κ1) is 13.5. The first-order valence-corrected chi connectivity index (χ1v) is 7.53. The number of halogens is 1. The van der Waals surface area contributed by atoms with Crippen LogP contribution in [0.25, 0.3) is 0 Å². The van der Waals surface area contributed by atoms with E-state index in [0.717, 1.165) is 25.7 Å². The van der Waals surface area contributed by atoms with Gasteiger partial charge in [-0.3, -0.25) is 0 Å². The lowest BCUT2D eigenvalue weighted by Crippen LogP contribution is -2.32. The van der Waals surface area contributed by atoms with Gasteiger partial charge in [0.05, 0.1) is 5.02 Å². The van der Waals surface area contributed by atoms with Crippen LogP contribution in [0.4, 0.5) is 5.82 Å². The highest BCUT2D eigenvalue weighted by Gasteiger charge is 2.23. The Hall–Kier alpha value is -0.890. The molecule has 0 aliphatic heterocycles. The monoisotopic (exact) mass is 290 g/mol. The third-order valence-electron chi connectivity index (χ3n) is 2.94. The predicted octanol–water partition coefficient (Wildman–Crippen LogP) is 1.24. The maximum absolute atomic E-state index is 12.1. The third-order valence-corrected chi connectivity index (χ3v) is 4.72. The molecule has 0 atom stereocenters. The molecule has 1 saturated carbocycles. The summed E-state index contributed by atoms with van der Waals surface area (Å²) in [4.78, 5) is 3.90. The molecule has 18 heavy (non-hydrogen) atoms. The van der Waals surface area contributed by atoms with Gasteiger partial charge in [0, 0.05) is 12.2 Å². The molecule has 1 aliphatic carbocycles. The Bertz CT molecular complexity index is 529. The Morgan fingerprint density at radius 3 is 2.61 bits per heavy atom. The SMILES string of the molecule is NNc1ncc(S(=O)(=O)NC2CCCC2)cc1Cl. The zero-order valence-electron chi connectivity index (χ0n) is 9.69. The molecule has 0 spiro atoms. The molecule has 4 N–H and O–H groups in total. The van der Waals surface area contributed by atoms with Crippen LogP contribution in [0.2, 0.25) is 5.02 Å². The van der Waals surface area contributed by atoms with Crippen LogP contribution in [0.15, 0.2) is 17.2 Å². The number of pyridine rings is 1. The van der Waals surface area contributed by atoms with Crippen molar-refractivity contribution in [2.45, 2.75) is 36.6 Å². The van der Waals surface area contributed by atoms with Gasteiger partial charge in [0.2, 0.25) is 10.0 Å². The van der Waals surface area contributed by atoms with E-state index in [1.807, 2.05) is 0 Å². The van der Waals surface area contributed by atoms with Crippen LogP contribution in [0.5, 0.6) is 0 Å². The molecule has 0 bridgehead atoms. The Balaban J connectivity index is 2.21. The van der Waals surface area contributed by atoms with Crippen molar-refractivity contribution < 1.29 is 8.42 Å². The van der Waals surface area contributed by atoms with Crippen molar-refractivity contribution in [2.24, 2.45) is 5.84 Å². The topological polar surface area (TPSA) is 97.1 Å². The number of nitrogens with zero attached hydrogens (tertiary/aromatic N) is 1. The van der Waals surface area contributed by atoms with Gasteiger partial charge in [0.25, 0.3) is 0 Å². The number of hydrazine groups is 1. The molecule has 8 heteroatoms. The Morgan fingerprint density at radius 2 is 2.06 bits per heavy atom. The van der Waals surface area contributed by atoms with E-state index in [0.29, 0.717) is 0 Å². The molecular formula is C10H15ClN4O2S. The summed E-state index contributed by atoms with van der Waals surface area (Å²) in [5.41, 5.74) is 2.29. The van der Waals surface area contributed by atoms with Crippen molar-refractivity contribution in [3.63, 3.8) is 0 Å². The van der Waals surface area contributed by atoms with Crippen molar-refractivity contribution in [3.05, 3.63) is 17.3 Å². The molecule has 1 aromatic rings. The minimum Gasteiger partial charge on any atom is -0.307 e. The van der Waals surface area contributed by atoms with Gasteiger partial charge in [-0.1, -0.05) is 24.4 Å². The van der Waals surface area contributed by atoms with Crippen LogP contribution in [-0.2, 0) is 10.0 Å². The largest absolute Gasteiger partial charge is 0.307 e. The Morgan fingerprint density at radius 1 is 1.39 bits per heavy atom. The zero-order valence-corrected chi connectivity index (χ0v) is 11.3. The molecule has 100 valence electrons. The standard InChI is InChI=1S/C10H15ClN4O2S/c11-9-5-8(6-13-10(9)14-12)18(16,17)15-7-3-1-2-4-7/h5-7,15H,1-4,12H2,(H,13,14). The van der Waals surface area contributed by atoms with E-state index in [-0.39, 0.29) is 21.8 Å². The van der Waals surface area contributed by atoms with Crippen molar-refractivity contribution >= 4 is 27.4 Å². The van der Waals surface area contributed by atoms with Gasteiger partial charge >= 0.3 is 0 Å². The van der Waals surface area contributed by atoms with Crippen LogP contribution in [0, 0.1) is 0 Å². The maximum atomic E-state index is 12.1. The summed E-state index contributed by atoms with van der Waals surface area (Å²) in [6, 6.07) is 1.35. The van der Waals surface area contributed by atoms with Crippen molar-refractivity contribution in [1.29, 1.82) is 0 Å². The van der Waals surface area contributed by atoms with Gasteiger partial charge in [-0.05, 0) is 18.9 Å². The first-order chi connectivity index (χ1) is 8.53. The zero-order chi connectivity index (χ0) is 13.2. The van der Waals surface area contributed by atoms with E-state index in [1.54, 1.807) is 0 Å². The van der Waals surface area contributed by atoms with Gasteiger partial charge in [-0.2, -0.15) is 0 Å². The lowest BCUT2D eigenvalue weighted by molar-refractivity contribution is 0.552. The van der Waals surface area contributed by atoms with Gasteiger partial charge < -0.3 is 5.43 Å². The quantitative estimate of drug-likeness (QED) is 0.572. The number of sulfonamides is 1. The highest BCUT2D eigenvalue weighted by Crippen LogP contribution is 2.24. The lowest BCUT2D eigenvalue weighted by atomic mass is 10.3. The summed E-state index contributed by atoms with van der Waals surface area (Å²) < 4.78 is 26.8. The predicted molar refractivity (Wildman–Crippen MR) is 69.6 cm³/mol. The average molecular weight is 291 g/mol. The number of anilines is 1. The molecule has 6 nitrogen and oxygen atoms in total. The van der Waals surface area contributed by atoms with E-state index in [2.05, 4.69) is 15.1 Å². The van der Waals surface area contributed by atoms with Crippen LogP contribution in [0.3, 0.4) is 0 Å². The van der Waals surface area contributed by atoms with E-state index in [4.69, 9.17) is 17.4 Å². The molecule has 0 amide bonds. The van der Waals surface area contributed by atoms with Gasteiger partial charge in [-0.15, -0.1) is 0 Å². The molecule has 1 aliphatic rings. The number of nitrogens with two attached hydrogens (primary N) is 1. The maximum Gasteiger partial charge on any atom is 0.242 e. The fourth-order valence-electron chi connectivity index (χ4n) is 2.00. The van der Waals surface area contributed by atoms with Crippen molar-refractivity contribution in [2.75, 3.05) is 5.43 Å². The summed E-state index contributed by atoms with van der Waals surface area (Å²) in [6.45, 7) is 0. The lowest BCUT2D eigenvalue weighted by Gasteiger charge is -2.13. The second-order valence-corrected chi connectivity index (χ2v) is 6.37. The molecule has 0 saturated heterocycles. The number of nitrogens with one attached hydrogen (secondary N) is 2. The number of nitrogen functional groups attached to an aromatic ring is 1. The van der Waals surface area contributed by atoms with E-state index >= 15 is 0 Å². The van der Waals surface area contributed by atoms with Crippen LogP contribution >= 0.6 is 11.6 Å². The van der Waals surface area contributed by atoms with E-state index in [1.165, 1.54) is 12.3 Å². The molecule has 2 rings (SSSR count).